The molecule has 1 atom stereocenters. The molecular weight excluding hydrogens is 382 g/mol. The zero-order valence-corrected chi connectivity index (χ0v) is 16.9. The van der Waals surface area contributed by atoms with E-state index in [1.165, 1.54) is 0 Å². The van der Waals surface area contributed by atoms with E-state index >= 15 is 0 Å². The quantitative estimate of drug-likeness (QED) is 0.568. The third kappa shape index (κ3) is 3.85. The van der Waals surface area contributed by atoms with Crippen LogP contribution in [0.5, 0.6) is 11.5 Å². The first-order valence-electron chi connectivity index (χ1n) is 9.51. The number of hydrogen-bond donors (Lipinski definition) is 1. The van der Waals surface area contributed by atoms with E-state index in [1.54, 1.807) is 11.3 Å². The number of ether oxygens (including phenoxy) is 2. The van der Waals surface area contributed by atoms with E-state index in [-0.39, 0.29) is 18.4 Å². The molecule has 0 radical (unpaired) electrons. The minimum absolute atomic E-state index is 0.0173. The maximum absolute atomic E-state index is 12.5. The predicted molar refractivity (Wildman–Crippen MR) is 117 cm³/mol. The van der Waals surface area contributed by atoms with Gasteiger partial charge in [-0.05, 0) is 30.2 Å². The van der Waals surface area contributed by atoms with Crippen molar-refractivity contribution in [1.82, 2.24) is 0 Å². The second-order valence-corrected chi connectivity index (χ2v) is 7.60. The summed E-state index contributed by atoms with van der Waals surface area (Å²) >= 11 is 1.68. The molecule has 0 spiro atoms. The highest BCUT2D eigenvalue weighted by Crippen LogP contribution is 2.47. The number of amides is 1. The van der Waals surface area contributed by atoms with Crippen LogP contribution < -0.4 is 14.8 Å². The summed E-state index contributed by atoms with van der Waals surface area (Å²) in [7, 11) is 0. The molecule has 0 bridgehead atoms. The van der Waals surface area contributed by atoms with Gasteiger partial charge >= 0.3 is 0 Å². The molecule has 0 unspecified atom stereocenters. The van der Waals surface area contributed by atoms with Gasteiger partial charge in [0.15, 0.2) is 11.5 Å². The van der Waals surface area contributed by atoms with Gasteiger partial charge in [0.05, 0.1) is 12.3 Å². The highest BCUT2D eigenvalue weighted by atomic mass is 32.1. The van der Waals surface area contributed by atoms with Gasteiger partial charge in [-0.1, -0.05) is 42.3 Å². The van der Waals surface area contributed by atoms with Crippen molar-refractivity contribution in [3.05, 3.63) is 64.4 Å². The second-order valence-electron chi connectivity index (χ2n) is 6.69. The van der Waals surface area contributed by atoms with Crippen LogP contribution in [0.1, 0.15) is 29.7 Å². The summed E-state index contributed by atoms with van der Waals surface area (Å²) in [4.78, 5) is 13.7. The van der Waals surface area contributed by atoms with Gasteiger partial charge < -0.3 is 14.8 Å². The molecule has 0 aliphatic carbocycles. The van der Waals surface area contributed by atoms with Crippen LogP contribution in [0.4, 0.5) is 5.69 Å². The van der Waals surface area contributed by atoms with Gasteiger partial charge in [-0.15, -0.1) is 17.8 Å². The van der Waals surface area contributed by atoms with Crippen LogP contribution in [0.15, 0.2) is 53.9 Å². The average molecular weight is 404 g/mol. The largest absolute Gasteiger partial charge is 0.490 e. The zero-order valence-electron chi connectivity index (χ0n) is 16.1. The number of fused-ring (bicyclic) bond motifs is 1. The maximum atomic E-state index is 12.5. The first-order valence-corrected chi connectivity index (χ1v) is 10.4. The Morgan fingerprint density at radius 2 is 2.00 bits per heavy atom. The third-order valence-corrected chi connectivity index (χ3v) is 5.95. The number of nitrogens with one attached hydrogen (secondary N) is 1. The van der Waals surface area contributed by atoms with Gasteiger partial charge in [-0.3, -0.25) is 4.79 Å². The van der Waals surface area contributed by atoms with E-state index in [1.807, 2.05) is 43.3 Å². The third-order valence-electron chi connectivity index (χ3n) is 4.86. The Bertz CT molecular complexity index is 1070. The molecule has 0 saturated heterocycles. The van der Waals surface area contributed by atoms with E-state index in [0.29, 0.717) is 24.5 Å². The first kappa shape index (κ1) is 19.1. The fourth-order valence-electron chi connectivity index (χ4n) is 3.57. The zero-order chi connectivity index (χ0) is 20.2. The Kier molecular flexibility index (Phi) is 5.55. The number of terminal acetylenes is 1. The fraction of sp³-hybridized carbons (Fsp3) is 0.208. The van der Waals surface area contributed by atoms with Crippen molar-refractivity contribution in [2.75, 3.05) is 18.5 Å². The van der Waals surface area contributed by atoms with Crippen molar-refractivity contribution in [1.29, 1.82) is 0 Å². The van der Waals surface area contributed by atoms with E-state index in [4.69, 9.17) is 15.9 Å². The van der Waals surface area contributed by atoms with Crippen molar-refractivity contribution < 1.29 is 14.3 Å². The molecule has 0 fully saturated rings. The molecular formula is C24H21NO3S. The lowest BCUT2D eigenvalue weighted by molar-refractivity contribution is -0.116. The number of rotatable bonds is 6. The second kappa shape index (κ2) is 8.42. The summed E-state index contributed by atoms with van der Waals surface area (Å²) in [6.07, 6.45) is 5.71. The van der Waals surface area contributed by atoms with Gasteiger partial charge in [0, 0.05) is 28.2 Å². The SMILES string of the molecule is C#CCOc1ccc([C@H]2CC(=O)Nc3c(-c4ccccc4)csc32)cc1OCC. The van der Waals surface area contributed by atoms with E-state index in [2.05, 4.69) is 28.8 Å². The standard InChI is InChI=1S/C24H21NO3S/c1-3-12-28-20-11-10-17(13-21(20)27-4-2)18-14-22(26)25-23-19(15-29-24(18)23)16-8-6-5-7-9-16/h1,5-11,13,15,18H,4,12,14H2,2H3,(H,25,26)/t18-/m1/s1. The van der Waals surface area contributed by atoms with Gasteiger partial charge in [-0.2, -0.15) is 0 Å². The molecule has 146 valence electrons. The molecule has 4 nitrogen and oxygen atoms in total. The minimum atomic E-state index is -0.0258. The van der Waals surface area contributed by atoms with Gasteiger partial charge in [0.25, 0.3) is 0 Å². The number of benzene rings is 2. The predicted octanol–water partition coefficient (Wildman–Crippen LogP) is 5.30. The average Bonchev–Trinajstić information content (AvgIpc) is 3.17. The van der Waals surface area contributed by atoms with Crippen molar-refractivity contribution in [3.8, 4) is 35.0 Å². The molecule has 1 aromatic heterocycles. The van der Waals surface area contributed by atoms with E-state index in [9.17, 15) is 4.79 Å². The molecule has 1 aliphatic heterocycles. The highest BCUT2D eigenvalue weighted by Gasteiger charge is 2.31. The number of hydrogen-bond acceptors (Lipinski definition) is 4. The van der Waals surface area contributed by atoms with Crippen LogP contribution in [0.3, 0.4) is 0 Å². The van der Waals surface area contributed by atoms with E-state index < -0.39 is 0 Å². The number of anilines is 1. The number of thiophene rings is 1. The molecule has 1 aliphatic rings. The summed E-state index contributed by atoms with van der Waals surface area (Å²) < 4.78 is 11.4. The minimum Gasteiger partial charge on any atom is -0.490 e. The normalized spacial score (nSPS) is 15.2. The Morgan fingerprint density at radius 3 is 2.76 bits per heavy atom. The maximum Gasteiger partial charge on any atom is 0.225 e. The van der Waals surface area contributed by atoms with Gasteiger partial charge in [0.1, 0.15) is 6.61 Å². The molecule has 2 heterocycles. The lowest BCUT2D eigenvalue weighted by Crippen LogP contribution is -2.22. The van der Waals surface area contributed by atoms with Crippen molar-refractivity contribution in [2.24, 2.45) is 0 Å². The molecule has 1 N–H and O–H groups in total. The number of carbonyl (C=O) groups excluding carboxylic acids is 1. The summed E-state index contributed by atoms with van der Waals surface area (Å²) in [5.41, 5.74) is 4.09. The number of carbonyl (C=O) groups is 1. The molecule has 2 aromatic carbocycles. The van der Waals surface area contributed by atoms with Crippen LogP contribution in [0.25, 0.3) is 11.1 Å². The van der Waals surface area contributed by atoms with Crippen LogP contribution in [0, 0.1) is 12.3 Å². The van der Waals surface area contributed by atoms with Crippen LogP contribution in [-0.4, -0.2) is 19.1 Å². The van der Waals surface area contributed by atoms with Crippen molar-refractivity contribution in [2.45, 2.75) is 19.3 Å². The Balaban J connectivity index is 1.74. The molecule has 1 amide bonds. The van der Waals surface area contributed by atoms with Crippen LogP contribution in [0.2, 0.25) is 0 Å². The van der Waals surface area contributed by atoms with E-state index in [0.717, 1.165) is 27.3 Å². The molecule has 3 aromatic rings. The van der Waals surface area contributed by atoms with Gasteiger partial charge in [-0.25, -0.2) is 0 Å². The Morgan fingerprint density at radius 1 is 1.17 bits per heavy atom. The molecule has 5 heteroatoms. The molecule has 29 heavy (non-hydrogen) atoms. The Hall–Kier alpha value is -3.23. The molecule has 4 rings (SSSR count). The summed E-state index contributed by atoms with van der Waals surface area (Å²) in [5.74, 6) is 3.72. The monoisotopic (exact) mass is 403 g/mol. The van der Waals surface area contributed by atoms with Gasteiger partial charge in [0.2, 0.25) is 5.91 Å². The fourth-order valence-corrected chi connectivity index (χ4v) is 4.74. The van der Waals surface area contributed by atoms with Crippen molar-refractivity contribution >= 4 is 22.9 Å². The topological polar surface area (TPSA) is 47.6 Å². The summed E-state index contributed by atoms with van der Waals surface area (Å²) in [6, 6.07) is 15.9. The van der Waals surface area contributed by atoms with Crippen LogP contribution >= 0.6 is 11.3 Å². The van der Waals surface area contributed by atoms with Crippen molar-refractivity contribution in [3.63, 3.8) is 0 Å². The van der Waals surface area contributed by atoms with Crippen LogP contribution in [-0.2, 0) is 4.79 Å². The molecule has 0 saturated carbocycles. The Labute approximate surface area is 174 Å². The highest BCUT2D eigenvalue weighted by molar-refractivity contribution is 7.11. The smallest absolute Gasteiger partial charge is 0.225 e. The lowest BCUT2D eigenvalue weighted by Gasteiger charge is -2.24. The lowest BCUT2D eigenvalue weighted by atomic mass is 9.89. The summed E-state index contributed by atoms with van der Waals surface area (Å²) in [5, 5.41) is 5.20. The first-order chi connectivity index (χ1) is 14.2. The summed E-state index contributed by atoms with van der Waals surface area (Å²) in [6.45, 7) is 2.62.